The van der Waals surface area contributed by atoms with E-state index in [1.165, 1.54) is 0 Å². The van der Waals surface area contributed by atoms with Gasteiger partial charge in [0.05, 0.1) is 6.10 Å². The largest absolute Gasteiger partial charge is 0.491 e. The van der Waals surface area contributed by atoms with E-state index >= 15 is 0 Å². The van der Waals surface area contributed by atoms with Gasteiger partial charge < -0.3 is 10.1 Å². The summed E-state index contributed by atoms with van der Waals surface area (Å²) in [4.78, 5) is 11.6. The average molecular weight is 257 g/mol. The second kappa shape index (κ2) is 5.80. The molecule has 1 amide bonds. The molecule has 0 fully saturated rings. The summed E-state index contributed by atoms with van der Waals surface area (Å²) in [6.45, 7) is 6.91. The van der Waals surface area contributed by atoms with E-state index in [1.807, 2.05) is 0 Å². The molecule has 0 aromatic heterocycles. The lowest BCUT2D eigenvalue weighted by Crippen LogP contribution is -2.31. The van der Waals surface area contributed by atoms with E-state index < -0.39 is 23.1 Å². The molecule has 1 aromatic rings. The number of benzene rings is 1. The van der Waals surface area contributed by atoms with Crippen molar-refractivity contribution in [3.05, 3.63) is 29.3 Å². The zero-order valence-electron chi connectivity index (χ0n) is 10.9. The lowest BCUT2D eigenvalue weighted by molar-refractivity contribution is 0.0934. The van der Waals surface area contributed by atoms with Crippen LogP contribution in [0.1, 0.15) is 38.1 Å². The topological polar surface area (TPSA) is 38.3 Å². The molecule has 3 nitrogen and oxygen atoms in total. The first-order valence-electron chi connectivity index (χ1n) is 5.77. The molecule has 0 saturated heterocycles. The van der Waals surface area contributed by atoms with E-state index in [1.54, 1.807) is 27.7 Å². The SMILES string of the molecule is CC(C)NC(=O)c1c(F)cc(OC(C)C)cc1F. The fourth-order valence-corrected chi connectivity index (χ4v) is 1.44. The number of hydrogen-bond acceptors (Lipinski definition) is 2. The predicted molar refractivity (Wildman–Crippen MR) is 64.7 cm³/mol. The maximum atomic E-state index is 13.7. The number of ether oxygens (including phenoxy) is 1. The summed E-state index contributed by atoms with van der Waals surface area (Å²) in [5.41, 5.74) is -0.584. The molecule has 0 radical (unpaired) electrons. The molecule has 0 atom stereocenters. The highest BCUT2D eigenvalue weighted by molar-refractivity contribution is 5.95. The number of carbonyl (C=O) groups excluding carboxylic acids is 1. The van der Waals surface area contributed by atoms with Crippen LogP contribution in [0.2, 0.25) is 0 Å². The predicted octanol–water partition coefficient (Wildman–Crippen LogP) is 2.89. The Labute approximate surface area is 105 Å². The van der Waals surface area contributed by atoms with Gasteiger partial charge in [0.2, 0.25) is 0 Å². The summed E-state index contributed by atoms with van der Waals surface area (Å²) in [7, 11) is 0. The standard InChI is InChI=1S/C13H17F2NO2/c1-7(2)16-13(17)12-10(14)5-9(6-11(12)15)18-8(3)4/h5-8H,1-4H3,(H,16,17). The van der Waals surface area contributed by atoms with Gasteiger partial charge in [0.1, 0.15) is 22.9 Å². The average Bonchev–Trinajstić information content (AvgIpc) is 2.12. The Morgan fingerprint density at radius 3 is 2.06 bits per heavy atom. The van der Waals surface area contributed by atoms with Crippen LogP contribution in [0, 0.1) is 11.6 Å². The van der Waals surface area contributed by atoms with E-state index in [2.05, 4.69) is 5.32 Å². The quantitative estimate of drug-likeness (QED) is 0.900. The maximum Gasteiger partial charge on any atom is 0.257 e. The number of rotatable bonds is 4. The van der Waals surface area contributed by atoms with Crippen LogP contribution in [0.25, 0.3) is 0 Å². The summed E-state index contributed by atoms with van der Waals surface area (Å²) in [5.74, 6) is -2.55. The minimum Gasteiger partial charge on any atom is -0.491 e. The van der Waals surface area contributed by atoms with Gasteiger partial charge in [-0.15, -0.1) is 0 Å². The molecule has 0 aliphatic rings. The molecule has 100 valence electrons. The van der Waals surface area contributed by atoms with Gasteiger partial charge in [-0.3, -0.25) is 4.79 Å². The molecule has 1 rings (SSSR count). The van der Waals surface area contributed by atoms with Crippen molar-refractivity contribution >= 4 is 5.91 Å². The van der Waals surface area contributed by atoms with Crippen molar-refractivity contribution in [2.45, 2.75) is 39.8 Å². The van der Waals surface area contributed by atoms with Crippen LogP contribution >= 0.6 is 0 Å². The van der Waals surface area contributed by atoms with Gasteiger partial charge in [0.15, 0.2) is 0 Å². The van der Waals surface area contributed by atoms with E-state index in [-0.39, 0.29) is 17.9 Å². The smallest absolute Gasteiger partial charge is 0.257 e. The zero-order valence-corrected chi connectivity index (χ0v) is 10.9. The first-order valence-corrected chi connectivity index (χ1v) is 5.77. The fourth-order valence-electron chi connectivity index (χ4n) is 1.44. The molecule has 0 bridgehead atoms. The second-order valence-corrected chi connectivity index (χ2v) is 4.56. The summed E-state index contributed by atoms with van der Waals surface area (Å²) >= 11 is 0. The van der Waals surface area contributed by atoms with Crippen LogP contribution < -0.4 is 10.1 Å². The Bertz CT molecular complexity index is 422. The minimum absolute atomic E-state index is 0.0705. The Morgan fingerprint density at radius 2 is 1.67 bits per heavy atom. The summed E-state index contributed by atoms with van der Waals surface area (Å²) in [5, 5.41) is 2.44. The Kier molecular flexibility index (Phi) is 4.64. The van der Waals surface area contributed by atoms with E-state index in [0.29, 0.717) is 0 Å². The van der Waals surface area contributed by atoms with Gasteiger partial charge >= 0.3 is 0 Å². The van der Waals surface area contributed by atoms with Crippen molar-refractivity contribution < 1.29 is 18.3 Å². The summed E-state index contributed by atoms with van der Waals surface area (Å²) < 4.78 is 32.5. The molecule has 18 heavy (non-hydrogen) atoms. The third kappa shape index (κ3) is 3.68. The second-order valence-electron chi connectivity index (χ2n) is 4.56. The van der Waals surface area contributed by atoms with Crippen molar-refractivity contribution in [2.75, 3.05) is 0 Å². The number of hydrogen-bond donors (Lipinski definition) is 1. The van der Waals surface area contributed by atoms with Gasteiger partial charge in [0, 0.05) is 18.2 Å². The lowest BCUT2D eigenvalue weighted by atomic mass is 10.1. The molecular weight excluding hydrogens is 240 g/mol. The van der Waals surface area contributed by atoms with Gasteiger partial charge in [-0.2, -0.15) is 0 Å². The third-order valence-electron chi connectivity index (χ3n) is 2.03. The Morgan fingerprint density at radius 1 is 1.17 bits per heavy atom. The highest BCUT2D eigenvalue weighted by Gasteiger charge is 2.19. The molecule has 0 aliphatic carbocycles. The Hall–Kier alpha value is -1.65. The van der Waals surface area contributed by atoms with Crippen molar-refractivity contribution in [3.8, 4) is 5.75 Å². The Balaban J connectivity index is 3.04. The number of halogens is 2. The zero-order chi connectivity index (χ0) is 13.9. The van der Waals surface area contributed by atoms with Crippen LogP contribution in [0.3, 0.4) is 0 Å². The van der Waals surface area contributed by atoms with Crippen LogP contribution in [0.5, 0.6) is 5.75 Å². The van der Waals surface area contributed by atoms with Crippen molar-refractivity contribution in [2.24, 2.45) is 0 Å². The molecule has 0 spiro atoms. The monoisotopic (exact) mass is 257 g/mol. The van der Waals surface area contributed by atoms with E-state index in [4.69, 9.17) is 4.74 Å². The molecule has 0 saturated carbocycles. The highest BCUT2D eigenvalue weighted by atomic mass is 19.1. The van der Waals surface area contributed by atoms with Gasteiger partial charge in [-0.1, -0.05) is 0 Å². The van der Waals surface area contributed by atoms with Crippen molar-refractivity contribution in [3.63, 3.8) is 0 Å². The van der Waals surface area contributed by atoms with E-state index in [9.17, 15) is 13.6 Å². The lowest BCUT2D eigenvalue weighted by Gasteiger charge is -2.13. The minimum atomic E-state index is -0.927. The third-order valence-corrected chi connectivity index (χ3v) is 2.03. The van der Waals surface area contributed by atoms with Gasteiger partial charge in [-0.25, -0.2) is 8.78 Å². The van der Waals surface area contributed by atoms with Crippen molar-refractivity contribution in [1.82, 2.24) is 5.32 Å². The van der Waals surface area contributed by atoms with Crippen LogP contribution in [-0.4, -0.2) is 18.1 Å². The van der Waals surface area contributed by atoms with Crippen LogP contribution in [-0.2, 0) is 0 Å². The molecule has 1 aromatic carbocycles. The van der Waals surface area contributed by atoms with E-state index in [0.717, 1.165) is 12.1 Å². The van der Waals surface area contributed by atoms with Gasteiger partial charge in [0.25, 0.3) is 5.91 Å². The molecular formula is C13H17F2NO2. The first kappa shape index (κ1) is 14.4. The number of carbonyl (C=O) groups is 1. The highest BCUT2D eigenvalue weighted by Crippen LogP contribution is 2.21. The summed E-state index contributed by atoms with van der Waals surface area (Å²) in [6.07, 6.45) is -0.195. The molecule has 0 heterocycles. The van der Waals surface area contributed by atoms with Crippen molar-refractivity contribution in [1.29, 1.82) is 0 Å². The molecule has 1 N–H and O–H groups in total. The molecule has 0 unspecified atom stereocenters. The van der Waals surface area contributed by atoms with Crippen LogP contribution in [0.15, 0.2) is 12.1 Å². The van der Waals surface area contributed by atoms with Crippen LogP contribution in [0.4, 0.5) is 8.78 Å². The molecule has 0 aliphatic heterocycles. The fraction of sp³-hybridized carbons (Fsp3) is 0.462. The normalized spacial score (nSPS) is 10.9. The van der Waals surface area contributed by atoms with Gasteiger partial charge in [-0.05, 0) is 27.7 Å². The first-order chi connectivity index (χ1) is 8.31. The number of nitrogens with one attached hydrogen (secondary N) is 1. The molecule has 5 heteroatoms. The number of amides is 1. The maximum absolute atomic E-state index is 13.7. The summed E-state index contributed by atoms with van der Waals surface area (Å²) in [6, 6.07) is 1.83.